The summed E-state index contributed by atoms with van der Waals surface area (Å²) in [6.07, 6.45) is 0. The Bertz CT molecular complexity index is 569. The molecule has 2 aromatic rings. The van der Waals surface area contributed by atoms with Crippen LogP contribution in [0.4, 0.5) is 11.4 Å². The summed E-state index contributed by atoms with van der Waals surface area (Å²) >= 11 is 11.1. The van der Waals surface area contributed by atoms with Gasteiger partial charge in [-0.2, -0.15) is 0 Å². The number of anilines is 2. The monoisotopic (exact) mass is 276 g/mol. The Labute approximate surface area is 117 Å². The molecule has 2 rings (SSSR count). The number of hydrogen-bond acceptors (Lipinski definition) is 2. The van der Waals surface area contributed by atoms with Crippen LogP contribution in [-0.2, 0) is 0 Å². The first-order valence-electron chi connectivity index (χ1n) is 5.47. The Balaban J connectivity index is 2.50. The van der Waals surface area contributed by atoms with Crippen molar-refractivity contribution in [3.63, 3.8) is 0 Å². The predicted octanol–water partition coefficient (Wildman–Crippen LogP) is 3.74. The largest absolute Gasteiger partial charge is 0.389 e. The molecule has 0 aliphatic carbocycles. The molecule has 0 spiro atoms. The molecule has 0 atom stereocenters. The van der Waals surface area contributed by atoms with Gasteiger partial charge < -0.3 is 10.6 Å². The summed E-state index contributed by atoms with van der Waals surface area (Å²) in [6, 6.07) is 15.5. The number of thiocarbonyl (C=S) groups is 1. The summed E-state index contributed by atoms with van der Waals surface area (Å²) in [5.41, 5.74) is 8.52. The third kappa shape index (κ3) is 2.63. The lowest BCUT2D eigenvalue weighted by Gasteiger charge is -2.22. The molecule has 0 heterocycles. The normalized spacial score (nSPS) is 10.1. The zero-order valence-electron chi connectivity index (χ0n) is 9.93. The number of benzene rings is 2. The second-order valence-electron chi connectivity index (χ2n) is 3.92. The molecule has 0 aliphatic heterocycles. The maximum absolute atomic E-state index is 6.04. The van der Waals surface area contributed by atoms with E-state index in [-0.39, 0.29) is 0 Å². The number of para-hydroxylation sites is 1. The number of halogens is 1. The molecule has 0 saturated carbocycles. The van der Waals surface area contributed by atoms with Crippen LogP contribution in [0.5, 0.6) is 0 Å². The van der Waals surface area contributed by atoms with E-state index in [1.54, 1.807) is 6.07 Å². The van der Waals surface area contributed by atoms with Crippen molar-refractivity contribution in [3.8, 4) is 0 Å². The lowest BCUT2D eigenvalue weighted by atomic mass is 10.1. The minimum Gasteiger partial charge on any atom is -0.389 e. The number of nitrogens with zero attached hydrogens (tertiary/aromatic N) is 1. The van der Waals surface area contributed by atoms with Crippen molar-refractivity contribution in [1.82, 2.24) is 0 Å². The van der Waals surface area contributed by atoms with E-state index in [4.69, 9.17) is 29.6 Å². The second kappa shape index (κ2) is 5.38. The van der Waals surface area contributed by atoms with Crippen molar-refractivity contribution in [2.75, 3.05) is 11.9 Å². The molecule has 0 amide bonds. The SMILES string of the molecule is CN(c1ccccc1)c1cc(Cl)ccc1C(N)=S. The first-order chi connectivity index (χ1) is 8.59. The molecule has 0 radical (unpaired) electrons. The summed E-state index contributed by atoms with van der Waals surface area (Å²) in [7, 11) is 1.96. The third-order valence-corrected chi connectivity index (χ3v) is 3.19. The Morgan fingerprint density at radius 3 is 2.44 bits per heavy atom. The van der Waals surface area contributed by atoms with Crippen LogP contribution < -0.4 is 10.6 Å². The van der Waals surface area contributed by atoms with Crippen molar-refractivity contribution in [2.24, 2.45) is 5.73 Å². The number of rotatable bonds is 3. The van der Waals surface area contributed by atoms with E-state index in [1.165, 1.54) is 0 Å². The molecule has 0 aliphatic rings. The van der Waals surface area contributed by atoms with E-state index in [0.717, 1.165) is 16.9 Å². The topological polar surface area (TPSA) is 29.3 Å². The van der Waals surface area contributed by atoms with Crippen molar-refractivity contribution >= 4 is 40.2 Å². The van der Waals surface area contributed by atoms with Gasteiger partial charge in [0, 0.05) is 23.3 Å². The average molecular weight is 277 g/mol. The Morgan fingerprint density at radius 1 is 1.17 bits per heavy atom. The Morgan fingerprint density at radius 2 is 1.83 bits per heavy atom. The van der Waals surface area contributed by atoms with E-state index < -0.39 is 0 Å². The van der Waals surface area contributed by atoms with Gasteiger partial charge in [0.05, 0.1) is 5.69 Å². The third-order valence-electron chi connectivity index (χ3n) is 2.73. The molecule has 0 aromatic heterocycles. The molecule has 2 aromatic carbocycles. The molecule has 2 nitrogen and oxygen atoms in total. The van der Waals surface area contributed by atoms with Gasteiger partial charge >= 0.3 is 0 Å². The fourth-order valence-electron chi connectivity index (χ4n) is 1.78. The molecule has 0 bridgehead atoms. The highest BCUT2D eigenvalue weighted by atomic mass is 35.5. The van der Waals surface area contributed by atoms with Gasteiger partial charge in [-0.15, -0.1) is 0 Å². The van der Waals surface area contributed by atoms with Crippen molar-refractivity contribution in [2.45, 2.75) is 0 Å². The Hall–Kier alpha value is -1.58. The summed E-state index contributed by atoms with van der Waals surface area (Å²) in [5, 5.41) is 0.660. The molecular weight excluding hydrogens is 264 g/mol. The zero-order chi connectivity index (χ0) is 13.1. The van der Waals surface area contributed by atoms with Gasteiger partial charge in [-0.25, -0.2) is 0 Å². The van der Waals surface area contributed by atoms with Crippen molar-refractivity contribution < 1.29 is 0 Å². The summed E-state index contributed by atoms with van der Waals surface area (Å²) in [4.78, 5) is 2.38. The molecule has 4 heteroatoms. The van der Waals surface area contributed by atoms with Gasteiger partial charge in [0.15, 0.2) is 0 Å². The average Bonchev–Trinajstić information content (AvgIpc) is 2.38. The van der Waals surface area contributed by atoms with E-state index in [2.05, 4.69) is 0 Å². The number of nitrogens with two attached hydrogens (primary N) is 1. The van der Waals surface area contributed by atoms with Gasteiger partial charge in [-0.1, -0.05) is 42.0 Å². The molecule has 92 valence electrons. The van der Waals surface area contributed by atoms with Crippen LogP contribution in [0.25, 0.3) is 0 Å². The van der Waals surface area contributed by atoms with E-state index in [9.17, 15) is 0 Å². The van der Waals surface area contributed by atoms with Crippen LogP contribution in [0.3, 0.4) is 0 Å². The van der Waals surface area contributed by atoms with Crippen LogP contribution >= 0.6 is 23.8 Å². The standard InChI is InChI=1S/C14H13ClN2S/c1-17(11-5-3-2-4-6-11)13-9-10(15)7-8-12(13)14(16)18/h2-9H,1H3,(H2,16,18). The minimum atomic E-state index is 0.365. The molecule has 0 unspecified atom stereocenters. The van der Waals surface area contributed by atoms with Crippen LogP contribution in [0, 0.1) is 0 Å². The highest BCUT2D eigenvalue weighted by molar-refractivity contribution is 7.80. The first-order valence-corrected chi connectivity index (χ1v) is 6.26. The molecular formula is C14H13ClN2S. The van der Waals surface area contributed by atoms with Gasteiger partial charge in [-0.05, 0) is 30.3 Å². The van der Waals surface area contributed by atoms with Gasteiger partial charge in [0.25, 0.3) is 0 Å². The maximum Gasteiger partial charge on any atom is 0.106 e. The van der Waals surface area contributed by atoms with Crippen molar-refractivity contribution in [1.29, 1.82) is 0 Å². The maximum atomic E-state index is 6.04. The van der Waals surface area contributed by atoms with Crippen LogP contribution in [0.15, 0.2) is 48.5 Å². The second-order valence-corrected chi connectivity index (χ2v) is 4.80. The predicted molar refractivity (Wildman–Crippen MR) is 81.8 cm³/mol. The minimum absolute atomic E-state index is 0.365. The van der Waals surface area contributed by atoms with E-state index in [1.807, 2.05) is 54.4 Å². The highest BCUT2D eigenvalue weighted by Gasteiger charge is 2.11. The lowest BCUT2D eigenvalue weighted by Crippen LogP contribution is -2.17. The molecule has 18 heavy (non-hydrogen) atoms. The van der Waals surface area contributed by atoms with Gasteiger partial charge in [-0.3, -0.25) is 0 Å². The van der Waals surface area contributed by atoms with Crippen LogP contribution in [0.2, 0.25) is 5.02 Å². The van der Waals surface area contributed by atoms with Gasteiger partial charge in [0.1, 0.15) is 4.99 Å². The zero-order valence-corrected chi connectivity index (χ0v) is 11.5. The fraction of sp³-hybridized carbons (Fsp3) is 0.0714. The van der Waals surface area contributed by atoms with Crippen LogP contribution in [0.1, 0.15) is 5.56 Å². The smallest absolute Gasteiger partial charge is 0.106 e. The highest BCUT2D eigenvalue weighted by Crippen LogP contribution is 2.29. The molecule has 0 saturated heterocycles. The van der Waals surface area contributed by atoms with Gasteiger partial charge in [0.2, 0.25) is 0 Å². The molecule has 0 fully saturated rings. The van der Waals surface area contributed by atoms with E-state index in [0.29, 0.717) is 10.0 Å². The fourth-order valence-corrected chi connectivity index (χ4v) is 2.12. The molecule has 2 N–H and O–H groups in total. The first kappa shape index (κ1) is 12.9. The van der Waals surface area contributed by atoms with Crippen molar-refractivity contribution in [3.05, 3.63) is 59.1 Å². The summed E-state index contributed by atoms with van der Waals surface area (Å²) in [5.74, 6) is 0. The Kier molecular flexibility index (Phi) is 3.84. The van der Waals surface area contributed by atoms with E-state index >= 15 is 0 Å². The number of hydrogen-bond donors (Lipinski definition) is 1. The van der Waals surface area contributed by atoms with Crippen LogP contribution in [-0.4, -0.2) is 12.0 Å². The summed E-state index contributed by atoms with van der Waals surface area (Å²) in [6.45, 7) is 0. The lowest BCUT2D eigenvalue weighted by molar-refractivity contribution is 1.20. The quantitative estimate of drug-likeness (QED) is 0.866. The summed E-state index contributed by atoms with van der Waals surface area (Å²) < 4.78 is 0.